The van der Waals surface area contributed by atoms with Gasteiger partial charge in [-0.1, -0.05) is 44.7 Å². The summed E-state index contributed by atoms with van der Waals surface area (Å²) in [6, 6.07) is 7.41. The molecule has 3 atom stereocenters. The molecule has 1 saturated heterocycles. The van der Waals surface area contributed by atoms with Gasteiger partial charge in [0, 0.05) is 6.04 Å². The Morgan fingerprint density at radius 1 is 1.13 bits per heavy atom. The topological polar surface area (TPSA) is 70.6 Å². The molecule has 0 amide bonds. The molecule has 0 saturated carbocycles. The van der Waals surface area contributed by atoms with Crippen molar-refractivity contribution in [3.63, 3.8) is 0 Å². The quantitative estimate of drug-likeness (QED) is 0.609. The SMILES string of the molecule is CCCCCCCOc1ccc(C2NNC(C)C2C(=O)O)cc1. The molecule has 128 valence electrons. The van der Waals surface area contributed by atoms with Crippen molar-refractivity contribution in [3.8, 4) is 5.75 Å². The molecule has 5 nitrogen and oxygen atoms in total. The first kappa shape index (κ1) is 17.8. The lowest BCUT2D eigenvalue weighted by molar-refractivity contribution is -0.142. The van der Waals surface area contributed by atoms with Crippen molar-refractivity contribution in [2.24, 2.45) is 5.92 Å². The molecule has 3 N–H and O–H groups in total. The van der Waals surface area contributed by atoms with Gasteiger partial charge in [-0.15, -0.1) is 0 Å². The largest absolute Gasteiger partial charge is 0.494 e. The number of unbranched alkanes of at least 4 members (excludes halogenated alkanes) is 4. The predicted molar refractivity (Wildman–Crippen MR) is 90.3 cm³/mol. The van der Waals surface area contributed by atoms with E-state index < -0.39 is 11.9 Å². The second-order valence-corrected chi connectivity index (χ2v) is 6.25. The third-order valence-corrected chi connectivity index (χ3v) is 4.41. The summed E-state index contributed by atoms with van der Waals surface area (Å²) >= 11 is 0. The highest BCUT2D eigenvalue weighted by Crippen LogP contribution is 2.30. The number of hydrogen-bond acceptors (Lipinski definition) is 4. The Morgan fingerprint density at radius 3 is 2.48 bits per heavy atom. The van der Waals surface area contributed by atoms with Gasteiger partial charge in [0.1, 0.15) is 5.75 Å². The van der Waals surface area contributed by atoms with E-state index in [-0.39, 0.29) is 12.1 Å². The number of rotatable bonds is 9. The zero-order valence-corrected chi connectivity index (χ0v) is 14.0. The fraction of sp³-hybridized carbons (Fsp3) is 0.611. The number of carboxylic acids is 1. The minimum atomic E-state index is -0.785. The summed E-state index contributed by atoms with van der Waals surface area (Å²) in [7, 11) is 0. The van der Waals surface area contributed by atoms with E-state index in [1.807, 2.05) is 31.2 Å². The van der Waals surface area contributed by atoms with Crippen LogP contribution in [-0.2, 0) is 4.79 Å². The molecule has 0 radical (unpaired) electrons. The van der Waals surface area contributed by atoms with E-state index in [4.69, 9.17) is 4.74 Å². The number of carbonyl (C=O) groups is 1. The summed E-state index contributed by atoms with van der Waals surface area (Å²) in [6.07, 6.45) is 6.10. The van der Waals surface area contributed by atoms with Crippen molar-refractivity contribution in [2.45, 2.75) is 58.0 Å². The molecule has 1 fully saturated rings. The van der Waals surface area contributed by atoms with Gasteiger partial charge >= 0.3 is 5.97 Å². The maximum Gasteiger partial charge on any atom is 0.310 e. The molecule has 1 heterocycles. The predicted octanol–water partition coefficient (Wildman–Crippen LogP) is 3.27. The highest BCUT2D eigenvalue weighted by Gasteiger charge is 2.39. The van der Waals surface area contributed by atoms with Gasteiger partial charge in [-0.2, -0.15) is 0 Å². The van der Waals surface area contributed by atoms with Crippen molar-refractivity contribution in [1.29, 1.82) is 0 Å². The lowest BCUT2D eigenvalue weighted by Crippen LogP contribution is -2.30. The first-order valence-corrected chi connectivity index (χ1v) is 8.60. The molecule has 2 rings (SSSR count). The van der Waals surface area contributed by atoms with Crippen LogP contribution in [0.1, 0.15) is 57.6 Å². The second-order valence-electron chi connectivity index (χ2n) is 6.25. The summed E-state index contributed by atoms with van der Waals surface area (Å²) in [5.74, 6) is -0.414. The molecule has 1 aromatic carbocycles. The van der Waals surface area contributed by atoms with Crippen LogP contribution in [0.2, 0.25) is 0 Å². The highest BCUT2D eigenvalue weighted by molar-refractivity contribution is 5.72. The van der Waals surface area contributed by atoms with E-state index in [2.05, 4.69) is 17.8 Å². The van der Waals surface area contributed by atoms with Gasteiger partial charge in [0.05, 0.1) is 18.6 Å². The smallest absolute Gasteiger partial charge is 0.310 e. The summed E-state index contributed by atoms with van der Waals surface area (Å²) in [6.45, 7) is 4.82. The molecule has 1 aliphatic rings. The molecule has 1 aliphatic heterocycles. The molecule has 5 heteroatoms. The Hall–Kier alpha value is -1.59. The van der Waals surface area contributed by atoms with Crippen LogP contribution in [0, 0.1) is 5.92 Å². The third-order valence-electron chi connectivity index (χ3n) is 4.41. The van der Waals surface area contributed by atoms with E-state index in [9.17, 15) is 9.90 Å². The molecule has 23 heavy (non-hydrogen) atoms. The van der Waals surface area contributed by atoms with Crippen LogP contribution >= 0.6 is 0 Å². The Kier molecular flexibility index (Phi) is 6.86. The molecule has 0 spiro atoms. The Bertz CT molecular complexity index is 490. The second kappa shape index (κ2) is 8.89. The van der Waals surface area contributed by atoms with Gasteiger partial charge in [0.15, 0.2) is 0 Å². The van der Waals surface area contributed by atoms with Crippen LogP contribution in [0.4, 0.5) is 0 Å². The van der Waals surface area contributed by atoms with Crippen LogP contribution in [0.15, 0.2) is 24.3 Å². The fourth-order valence-corrected chi connectivity index (χ4v) is 3.00. The van der Waals surface area contributed by atoms with Gasteiger partial charge in [-0.25, -0.2) is 5.43 Å². The van der Waals surface area contributed by atoms with E-state index in [0.29, 0.717) is 0 Å². The number of hydrogen-bond donors (Lipinski definition) is 3. The van der Waals surface area contributed by atoms with Gasteiger partial charge < -0.3 is 9.84 Å². The Morgan fingerprint density at radius 2 is 1.83 bits per heavy atom. The van der Waals surface area contributed by atoms with Gasteiger partial charge in [0.25, 0.3) is 0 Å². The Labute approximate surface area is 138 Å². The number of hydrazine groups is 1. The standard InChI is InChI=1S/C18H28N2O3/c1-3-4-5-6-7-12-23-15-10-8-14(9-11-15)17-16(18(21)22)13(2)19-20-17/h8-11,13,16-17,19-20H,3-7,12H2,1-2H3,(H,21,22). The normalized spacial score (nSPS) is 23.8. The van der Waals surface area contributed by atoms with E-state index >= 15 is 0 Å². The van der Waals surface area contributed by atoms with Crippen LogP contribution in [-0.4, -0.2) is 23.7 Å². The molecule has 0 aliphatic carbocycles. The number of benzene rings is 1. The number of ether oxygens (including phenoxy) is 1. The minimum absolute atomic E-state index is 0.100. The summed E-state index contributed by atoms with van der Waals surface area (Å²) < 4.78 is 5.75. The van der Waals surface area contributed by atoms with E-state index in [1.165, 1.54) is 25.7 Å². The lowest BCUT2D eigenvalue weighted by atomic mass is 9.90. The number of carboxylic acid groups (broad SMARTS) is 1. The molecule has 3 unspecified atom stereocenters. The Balaban J connectivity index is 1.83. The van der Waals surface area contributed by atoms with Crippen molar-refractivity contribution >= 4 is 5.97 Å². The summed E-state index contributed by atoms with van der Waals surface area (Å²) in [5, 5.41) is 9.37. The zero-order chi connectivity index (χ0) is 16.7. The van der Waals surface area contributed by atoms with Gasteiger partial charge in [0.2, 0.25) is 0 Å². The number of nitrogens with one attached hydrogen (secondary N) is 2. The minimum Gasteiger partial charge on any atom is -0.494 e. The maximum absolute atomic E-state index is 11.4. The van der Waals surface area contributed by atoms with Gasteiger partial charge in [-0.3, -0.25) is 10.2 Å². The van der Waals surface area contributed by atoms with Crippen molar-refractivity contribution in [3.05, 3.63) is 29.8 Å². The molecule has 1 aromatic rings. The summed E-state index contributed by atoms with van der Waals surface area (Å²) in [5.41, 5.74) is 7.05. The monoisotopic (exact) mass is 320 g/mol. The van der Waals surface area contributed by atoms with Crippen LogP contribution in [0.5, 0.6) is 5.75 Å². The van der Waals surface area contributed by atoms with Crippen LogP contribution in [0.25, 0.3) is 0 Å². The highest BCUT2D eigenvalue weighted by atomic mass is 16.5. The van der Waals surface area contributed by atoms with Crippen molar-refractivity contribution in [2.75, 3.05) is 6.61 Å². The van der Waals surface area contributed by atoms with Crippen molar-refractivity contribution < 1.29 is 14.6 Å². The van der Waals surface area contributed by atoms with E-state index in [0.717, 1.165) is 24.3 Å². The zero-order valence-electron chi connectivity index (χ0n) is 14.0. The molecular formula is C18H28N2O3. The van der Waals surface area contributed by atoms with Gasteiger partial charge in [-0.05, 0) is 31.0 Å². The lowest BCUT2D eigenvalue weighted by Gasteiger charge is -2.17. The number of aliphatic carboxylic acids is 1. The molecule has 0 bridgehead atoms. The van der Waals surface area contributed by atoms with Crippen LogP contribution < -0.4 is 15.6 Å². The first-order chi connectivity index (χ1) is 11.1. The maximum atomic E-state index is 11.4. The van der Waals surface area contributed by atoms with Crippen LogP contribution in [0.3, 0.4) is 0 Å². The third kappa shape index (κ3) is 4.94. The fourth-order valence-electron chi connectivity index (χ4n) is 3.00. The molecule has 0 aromatic heterocycles. The van der Waals surface area contributed by atoms with E-state index in [1.54, 1.807) is 0 Å². The van der Waals surface area contributed by atoms with Crippen molar-refractivity contribution in [1.82, 2.24) is 10.9 Å². The average molecular weight is 320 g/mol. The average Bonchev–Trinajstić information content (AvgIpc) is 2.93. The summed E-state index contributed by atoms with van der Waals surface area (Å²) in [4.78, 5) is 11.4. The molecular weight excluding hydrogens is 292 g/mol. The first-order valence-electron chi connectivity index (χ1n) is 8.60.